The molecule has 4 nitrogen and oxygen atoms in total. The maximum Gasteiger partial charge on any atom is 0.310 e. The first-order chi connectivity index (χ1) is 13.1. The van der Waals surface area contributed by atoms with E-state index in [1.807, 2.05) is 6.07 Å². The maximum atomic E-state index is 11.1. The summed E-state index contributed by atoms with van der Waals surface area (Å²) < 4.78 is 0. The molecule has 3 aliphatic rings. The molecule has 5 rings (SSSR count). The van der Waals surface area contributed by atoms with E-state index in [2.05, 4.69) is 46.6 Å². The van der Waals surface area contributed by atoms with Crippen LogP contribution in [0.3, 0.4) is 0 Å². The molecule has 2 atom stereocenters. The number of fused-ring (bicyclic) bond motifs is 2. The van der Waals surface area contributed by atoms with Crippen molar-refractivity contribution in [3.8, 4) is 0 Å². The third-order valence-corrected chi connectivity index (χ3v) is 7.00. The van der Waals surface area contributed by atoms with Crippen LogP contribution in [0.5, 0.6) is 0 Å². The second-order valence-electron chi connectivity index (χ2n) is 8.18. The van der Waals surface area contributed by atoms with Gasteiger partial charge in [0.05, 0.1) is 5.92 Å². The van der Waals surface area contributed by atoms with Gasteiger partial charge in [-0.15, -0.1) is 0 Å². The molecule has 1 spiro atoms. The Bertz CT molecular complexity index is 909. The normalized spacial score (nSPS) is 26.7. The van der Waals surface area contributed by atoms with E-state index in [-0.39, 0.29) is 11.3 Å². The molecule has 0 amide bonds. The first-order valence-electron chi connectivity index (χ1n) is 9.68. The maximum absolute atomic E-state index is 11.1. The largest absolute Gasteiger partial charge is 0.481 e. The average Bonchev–Trinajstić information content (AvgIpc) is 3.19. The fourth-order valence-electron chi connectivity index (χ4n) is 5.31. The molecule has 2 unspecified atom stereocenters. The van der Waals surface area contributed by atoms with Gasteiger partial charge in [-0.25, -0.2) is 0 Å². The lowest BCUT2D eigenvalue weighted by atomic mass is 9.71. The standard InChI is InChI=1S/C22H23ClN2O2/c23-16-6-7-20-19(10-16)22(13-24-20)8-2-5-18(22)14-3-1-4-17(9-14)25-11-15(12-25)21(26)27/h1,3-4,6-7,9-10,15,18,24H,2,5,8,11-13H2,(H,26,27). The molecule has 2 aliphatic heterocycles. The molecular formula is C22H23ClN2O2. The van der Waals surface area contributed by atoms with Crippen LogP contribution in [-0.2, 0) is 10.2 Å². The second kappa shape index (κ2) is 6.16. The van der Waals surface area contributed by atoms with Gasteiger partial charge in [-0.05, 0) is 60.2 Å². The number of carboxylic acid groups (broad SMARTS) is 1. The molecule has 0 aromatic heterocycles. The zero-order valence-electron chi connectivity index (χ0n) is 15.1. The first kappa shape index (κ1) is 16.9. The van der Waals surface area contributed by atoms with Crippen molar-refractivity contribution < 1.29 is 9.90 Å². The number of rotatable bonds is 3. The number of nitrogens with zero attached hydrogens (tertiary/aromatic N) is 1. The van der Waals surface area contributed by atoms with Gasteiger partial charge in [-0.1, -0.05) is 30.2 Å². The predicted octanol–water partition coefficient (Wildman–Crippen LogP) is 4.49. The molecule has 1 saturated carbocycles. The third kappa shape index (κ3) is 2.61. The van der Waals surface area contributed by atoms with Crippen LogP contribution in [0.2, 0.25) is 5.02 Å². The van der Waals surface area contributed by atoms with Crippen molar-refractivity contribution in [2.75, 3.05) is 29.9 Å². The van der Waals surface area contributed by atoms with Gasteiger partial charge in [0.25, 0.3) is 0 Å². The lowest BCUT2D eigenvalue weighted by Gasteiger charge is -2.39. The molecule has 2 N–H and O–H groups in total. The van der Waals surface area contributed by atoms with E-state index < -0.39 is 5.97 Å². The summed E-state index contributed by atoms with van der Waals surface area (Å²) in [4.78, 5) is 13.3. The van der Waals surface area contributed by atoms with E-state index in [4.69, 9.17) is 16.7 Å². The number of halogens is 1. The van der Waals surface area contributed by atoms with Crippen molar-refractivity contribution in [2.45, 2.75) is 30.6 Å². The number of carbonyl (C=O) groups is 1. The van der Waals surface area contributed by atoms with Crippen LogP contribution < -0.4 is 10.2 Å². The van der Waals surface area contributed by atoms with E-state index in [9.17, 15) is 4.79 Å². The van der Waals surface area contributed by atoms with Crippen molar-refractivity contribution >= 4 is 28.9 Å². The Labute approximate surface area is 164 Å². The minimum absolute atomic E-state index is 0.109. The molecule has 5 heteroatoms. The van der Waals surface area contributed by atoms with E-state index in [1.54, 1.807) is 0 Å². The number of anilines is 2. The summed E-state index contributed by atoms with van der Waals surface area (Å²) in [6, 6.07) is 14.9. The molecule has 0 radical (unpaired) electrons. The molecule has 2 heterocycles. The molecule has 0 bridgehead atoms. The molecule has 140 valence electrons. The molecule has 2 aromatic rings. The van der Waals surface area contributed by atoms with Crippen molar-refractivity contribution in [3.63, 3.8) is 0 Å². The summed E-state index contributed by atoms with van der Waals surface area (Å²) in [6.07, 6.45) is 3.56. The number of aliphatic carboxylic acids is 1. The Balaban J connectivity index is 1.47. The molecule has 27 heavy (non-hydrogen) atoms. The quantitative estimate of drug-likeness (QED) is 0.821. The Morgan fingerprint density at radius 3 is 2.89 bits per heavy atom. The van der Waals surface area contributed by atoms with Gasteiger partial charge in [0.15, 0.2) is 0 Å². The zero-order valence-corrected chi connectivity index (χ0v) is 15.9. The van der Waals surface area contributed by atoms with Crippen LogP contribution in [0.1, 0.15) is 36.3 Å². The first-order valence-corrected chi connectivity index (χ1v) is 10.1. The predicted molar refractivity (Wildman–Crippen MR) is 108 cm³/mol. The van der Waals surface area contributed by atoms with Gasteiger partial charge >= 0.3 is 5.97 Å². The van der Waals surface area contributed by atoms with Gasteiger partial charge in [-0.2, -0.15) is 0 Å². The summed E-state index contributed by atoms with van der Waals surface area (Å²) in [5, 5.41) is 13.5. The highest BCUT2D eigenvalue weighted by Crippen LogP contribution is 2.56. The van der Waals surface area contributed by atoms with Crippen LogP contribution in [0.25, 0.3) is 0 Å². The van der Waals surface area contributed by atoms with Crippen molar-refractivity contribution in [2.24, 2.45) is 5.92 Å². The Hall–Kier alpha value is -2.20. The molecule has 2 aromatic carbocycles. The van der Waals surface area contributed by atoms with Crippen LogP contribution in [-0.4, -0.2) is 30.7 Å². The number of benzene rings is 2. The zero-order chi connectivity index (χ0) is 18.6. The van der Waals surface area contributed by atoms with E-state index in [0.717, 1.165) is 17.3 Å². The number of carboxylic acids is 1. The highest BCUT2D eigenvalue weighted by Gasteiger charge is 2.49. The van der Waals surface area contributed by atoms with Gasteiger partial charge in [0, 0.05) is 41.4 Å². The fraction of sp³-hybridized carbons (Fsp3) is 0.409. The van der Waals surface area contributed by atoms with E-state index in [0.29, 0.717) is 19.0 Å². The Morgan fingerprint density at radius 2 is 2.07 bits per heavy atom. The lowest BCUT2D eigenvalue weighted by molar-refractivity contribution is -0.142. The summed E-state index contributed by atoms with van der Waals surface area (Å²) in [5.41, 5.74) is 5.19. The van der Waals surface area contributed by atoms with Crippen molar-refractivity contribution in [3.05, 3.63) is 58.6 Å². The second-order valence-corrected chi connectivity index (χ2v) is 8.62. The van der Waals surface area contributed by atoms with Gasteiger partial charge in [0.2, 0.25) is 0 Å². The summed E-state index contributed by atoms with van der Waals surface area (Å²) in [7, 11) is 0. The number of hydrogen-bond donors (Lipinski definition) is 2. The van der Waals surface area contributed by atoms with Gasteiger partial charge < -0.3 is 15.3 Å². The van der Waals surface area contributed by atoms with Gasteiger partial charge in [0.1, 0.15) is 0 Å². The van der Waals surface area contributed by atoms with Gasteiger partial charge in [-0.3, -0.25) is 4.79 Å². The minimum atomic E-state index is -0.692. The number of nitrogens with one attached hydrogen (secondary N) is 1. The smallest absolute Gasteiger partial charge is 0.310 e. The molecule has 1 saturated heterocycles. The molecule has 1 aliphatic carbocycles. The van der Waals surface area contributed by atoms with Crippen LogP contribution in [0.15, 0.2) is 42.5 Å². The highest BCUT2D eigenvalue weighted by atomic mass is 35.5. The Morgan fingerprint density at radius 1 is 1.22 bits per heavy atom. The van der Waals surface area contributed by atoms with Crippen LogP contribution >= 0.6 is 11.6 Å². The topological polar surface area (TPSA) is 52.6 Å². The summed E-state index contributed by atoms with van der Waals surface area (Å²) in [6.45, 7) is 2.17. The summed E-state index contributed by atoms with van der Waals surface area (Å²) >= 11 is 6.33. The Kier molecular flexibility index (Phi) is 3.87. The molecule has 2 fully saturated rings. The average molecular weight is 383 g/mol. The van der Waals surface area contributed by atoms with Crippen LogP contribution in [0.4, 0.5) is 11.4 Å². The minimum Gasteiger partial charge on any atom is -0.481 e. The van der Waals surface area contributed by atoms with Crippen LogP contribution in [0, 0.1) is 5.92 Å². The lowest BCUT2D eigenvalue weighted by Crippen LogP contribution is -2.50. The molecular weight excluding hydrogens is 360 g/mol. The van der Waals surface area contributed by atoms with E-state index in [1.165, 1.54) is 36.1 Å². The monoisotopic (exact) mass is 382 g/mol. The van der Waals surface area contributed by atoms with Crippen molar-refractivity contribution in [1.82, 2.24) is 0 Å². The number of hydrogen-bond acceptors (Lipinski definition) is 3. The SMILES string of the molecule is O=C(O)C1CN(c2cccc(C3CCCC34CNc3ccc(Cl)cc34)c2)C1. The summed E-state index contributed by atoms with van der Waals surface area (Å²) in [5.74, 6) is -0.469. The van der Waals surface area contributed by atoms with Crippen molar-refractivity contribution in [1.29, 1.82) is 0 Å². The van der Waals surface area contributed by atoms with E-state index >= 15 is 0 Å². The highest BCUT2D eigenvalue weighted by molar-refractivity contribution is 6.30. The fourth-order valence-corrected chi connectivity index (χ4v) is 5.48. The third-order valence-electron chi connectivity index (χ3n) is 6.76.